The smallest absolute Gasteiger partial charge is 0.221 e. The molecular formula is C15H17ClN5OS. The quantitative estimate of drug-likeness (QED) is 0.889. The molecule has 3 rings (SSSR count). The van der Waals surface area contributed by atoms with Gasteiger partial charge in [0.05, 0.1) is 18.1 Å². The van der Waals surface area contributed by atoms with E-state index >= 15 is 0 Å². The molecule has 1 aromatic carbocycles. The maximum absolute atomic E-state index is 10.9. The third-order valence-corrected chi connectivity index (χ3v) is 4.70. The van der Waals surface area contributed by atoms with Crippen molar-refractivity contribution in [3.8, 4) is 0 Å². The zero-order chi connectivity index (χ0) is 16.2. The first kappa shape index (κ1) is 16.0. The van der Waals surface area contributed by atoms with Crippen LogP contribution in [0.5, 0.6) is 0 Å². The highest BCUT2D eigenvalue weighted by atomic mass is 35.5. The number of hydrogen-bond donors (Lipinski definition) is 1. The molecule has 1 aromatic heterocycles. The molecule has 23 heavy (non-hydrogen) atoms. The lowest BCUT2D eigenvalue weighted by Gasteiger charge is -2.36. The lowest BCUT2D eigenvalue weighted by molar-refractivity contribution is -0.115. The van der Waals surface area contributed by atoms with E-state index in [1.807, 2.05) is 12.1 Å². The van der Waals surface area contributed by atoms with Crippen LogP contribution in [0.2, 0.25) is 5.15 Å². The standard InChI is InChI=1S/C15H17ClN5OS/c16-14-15(19-23-18-14)21-8-6-20(7-9-21)12-3-1-2-11(10-12)4-5-13(17)22/h1-3,5,10H,4,6-9H2,(H2,17,22). The molecule has 0 saturated carbocycles. The SMILES string of the molecule is NC(=O)[CH]Cc1cccc(N2CCN(c3nsnc3Cl)CC2)c1. The Morgan fingerprint density at radius 2 is 2.00 bits per heavy atom. The number of benzene rings is 1. The van der Waals surface area contributed by atoms with Crippen LogP contribution in [0.15, 0.2) is 24.3 Å². The van der Waals surface area contributed by atoms with Gasteiger partial charge in [0, 0.05) is 31.9 Å². The van der Waals surface area contributed by atoms with Crippen LogP contribution in [-0.2, 0) is 11.2 Å². The van der Waals surface area contributed by atoms with Crippen molar-refractivity contribution in [2.24, 2.45) is 5.73 Å². The Hall–Kier alpha value is -1.86. The summed E-state index contributed by atoms with van der Waals surface area (Å²) in [7, 11) is 0. The Kier molecular flexibility index (Phi) is 4.97. The van der Waals surface area contributed by atoms with Gasteiger partial charge in [0.2, 0.25) is 5.91 Å². The van der Waals surface area contributed by atoms with Gasteiger partial charge in [-0.3, -0.25) is 4.79 Å². The zero-order valence-corrected chi connectivity index (χ0v) is 14.1. The van der Waals surface area contributed by atoms with Crippen molar-refractivity contribution in [3.05, 3.63) is 41.4 Å². The highest BCUT2D eigenvalue weighted by Gasteiger charge is 2.21. The van der Waals surface area contributed by atoms with E-state index in [4.69, 9.17) is 17.3 Å². The van der Waals surface area contributed by atoms with Crippen molar-refractivity contribution in [1.82, 2.24) is 8.75 Å². The van der Waals surface area contributed by atoms with E-state index in [9.17, 15) is 4.79 Å². The molecule has 2 N–H and O–H groups in total. The molecule has 1 amide bonds. The largest absolute Gasteiger partial charge is 0.369 e. The molecule has 0 bridgehead atoms. The van der Waals surface area contributed by atoms with Gasteiger partial charge in [0.15, 0.2) is 11.0 Å². The van der Waals surface area contributed by atoms with Gasteiger partial charge in [-0.25, -0.2) is 0 Å². The molecule has 1 radical (unpaired) electrons. The average molecular weight is 351 g/mol. The number of piperazine rings is 1. The summed E-state index contributed by atoms with van der Waals surface area (Å²) in [6, 6.07) is 8.19. The van der Waals surface area contributed by atoms with Crippen molar-refractivity contribution in [2.45, 2.75) is 6.42 Å². The number of hydrogen-bond acceptors (Lipinski definition) is 6. The maximum Gasteiger partial charge on any atom is 0.221 e. The van der Waals surface area contributed by atoms with E-state index in [0.717, 1.165) is 55.0 Å². The molecule has 1 aliphatic heterocycles. The summed E-state index contributed by atoms with van der Waals surface area (Å²) in [6.45, 7) is 3.47. The van der Waals surface area contributed by atoms with Crippen molar-refractivity contribution in [1.29, 1.82) is 0 Å². The van der Waals surface area contributed by atoms with Gasteiger partial charge in [-0.1, -0.05) is 23.7 Å². The summed E-state index contributed by atoms with van der Waals surface area (Å²) in [5.41, 5.74) is 7.40. The molecule has 2 heterocycles. The van der Waals surface area contributed by atoms with Gasteiger partial charge >= 0.3 is 0 Å². The van der Waals surface area contributed by atoms with Gasteiger partial charge < -0.3 is 15.5 Å². The number of carbonyl (C=O) groups excluding carboxylic acids is 1. The number of nitrogens with zero attached hydrogens (tertiary/aromatic N) is 4. The normalized spacial score (nSPS) is 15.0. The number of anilines is 2. The Labute approximate surface area is 144 Å². The van der Waals surface area contributed by atoms with Crippen molar-refractivity contribution in [2.75, 3.05) is 36.0 Å². The highest BCUT2D eigenvalue weighted by Crippen LogP contribution is 2.25. The Bertz CT molecular complexity index is 684. The van der Waals surface area contributed by atoms with E-state index in [-0.39, 0.29) is 0 Å². The number of amides is 1. The van der Waals surface area contributed by atoms with Crippen molar-refractivity contribution in [3.63, 3.8) is 0 Å². The second kappa shape index (κ2) is 7.14. The van der Waals surface area contributed by atoms with Gasteiger partial charge in [-0.2, -0.15) is 8.75 Å². The topological polar surface area (TPSA) is 75.4 Å². The predicted molar refractivity (Wildman–Crippen MR) is 93.0 cm³/mol. The first-order valence-electron chi connectivity index (χ1n) is 7.33. The fraction of sp³-hybridized carbons (Fsp3) is 0.333. The Balaban J connectivity index is 1.62. The molecular weight excluding hydrogens is 334 g/mol. The van der Waals surface area contributed by atoms with Crippen molar-refractivity contribution < 1.29 is 4.79 Å². The molecule has 2 aromatic rings. The average Bonchev–Trinajstić information content (AvgIpc) is 2.99. The summed E-state index contributed by atoms with van der Waals surface area (Å²) < 4.78 is 8.27. The summed E-state index contributed by atoms with van der Waals surface area (Å²) in [4.78, 5) is 15.3. The first-order valence-corrected chi connectivity index (χ1v) is 8.44. The van der Waals surface area contributed by atoms with Gasteiger partial charge in [-0.05, 0) is 24.1 Å². The fourth-order valence-electron chi connectivity index (χ4n) is 2.64. The van der Waals surface area contributed by atoms with Crippen LogP contribution < -0.4 is 15.5 Å². The number of nitrogens with two attached hydrogens (primary N) is 1. The number of aromatic nitrogens is 2. The highest BCUT2D eigenvalue weighted by molar-refractivity contribution is 6.99. The summed E-state index contributed by atoms with van der Waals surface area (Å²) in [6.07, 6.45) is 2.05. The van der Waals surface area contributed by atoms with Crippen LogP contribution in [0.1, 0.15) is 5.56 Å². The minimum absolute atomic E-state index is 0.391. The molecule has 6 nitrogen and oxygen atoms in total. The minimum atomic E-state index is -0.391. The third-order valence-electron chi connectivity index (χ3n) is 3.83. The lowest BCUT2D eigenvalue weighted by Crippen LogP contribution is -2.46. The summed E-state index contributed by atoms with van der Waals surface area (Å²) in [5.74, 6) is 0.388. The first-order chi connectivity index (χ1) is 11.1. The van der Waals surface area contributed by atoms with Crippen LogP contribution >= 0.6 is 23.3 Å². The van der Waals surface area contributed by atoms with Gasteiger partial charge in [0.25, 0.3) is 0 Å². The molecule has 1 aliphatic rings. The zero-order valence-electron chi connectivity index (χ0n) is 12.5. The molecule has 121 valence electrons. The molecule has 0 aliphatic carbocycles. The van der Waals surface area contributed by atoms with E-state index in [1.54, 1.807) is 0 Å². The second-order valence-corrected chi connectivity index (χ2v) is 6.22. The van der Waals surface area contributed by atoms with E-state index in [2.05, 4.69) is 30.7 Å². The number of rotatable bonds is 5. The van der Waals surface area contributed by atoms with Crippen LogP contribution in [0.4, 0.5) is 11.5 Å². The van der Waals surface area contributed by atoms with Gasteiger partial charge in [-0.15, -0.1) is 0 Å². The number of primary amides is 1. The van der Waals surface area contributed by atoms with Crippen LogP contribution in [-0.4, -0.2) is 40.8 Å². The van der Waals surface area contributed by atoms with Gasteiger partial charge in [0.1, 0.15) is 0 Å². The summed E-state index contributed by atoms with van der Waals surface area (Å²) in [5, 5.41) is 0.479. The van der Waals surface area contributed by atoms with Crippen molar-refractivity contribution >= 4 is 40.7 Å². The van der Waals surface area contributed by atoms with E-state index in [0.29, 0.717) is 11.6 Å². The third kappa shape index (κ3) is 3.92. The summed E-state index contributed by atoms with van der Waals surface area (Å²) >= 11 is 7.19. The number of carbonyl (C=O) groups is 1. The van der Waals surface area contributed by atoms with Crippen LogP contribution in [0, 0.1) is 6.42 Å². The Morgan fingerprint density at radius 3 is 2.65 bits per heavy atom. The molecule has 0 unspecified atom stereocenters. The van der Waals surface area contributed by atoms with Crippen LogP contribution in [0.3, 0.4) is 0 Å². The van der Waals surface area contributed by atoms with E-state index in [1.165, 1.54) is 6.42 Å². The number of halogens is 1. The van der Waals surface area contributed by atoms with Crippen LogP contribution in [0.25, 0.3) is 0 Å². The predicted octanol–water partition coefficient (Wildman–Crippen LogP) is 1.75. The molecule has 0 atom stereocenters. The molecule has 1 saturated heterocycles. The molecule has 8 heteroatoms. The second-order valence-electron chi connectivity index (χ2n) is 5.33. The monoisotopic (exact) mass is 350 g/mol. The molecule has 0 spiro atoms. The maximum atomic E-state index is 10.9. The minimum Gasteiger partial charge on any atom is -0.369 e. The van der Waals surface area contributed by atoms with E-state index < -0.39 is 5.91 Å². The lowest BCUT2D eigenvalue weighted by atomic mass is 10.1. The Morgan fingerprint density at radius 1 is 1.26 bits per heavy atom. The molecule has 1 fully saturated rings. The fourth-order valence-corrected chi connectivity index (χ4v) is 3.41.